The van der Waals surface area contributed by atoms with Crippen LogP contribution in [0, 0.1) is 11.3 Å². The quantitative estimate of drug-likeness (QED) is 0.780. The fraction of sp³-hybridized carbons (Fsp3) is 1.00. The topological polar surface area (TPSA) is 15.3 Å². The van der Waals surface area contributed by atoms with E-state index >= 15 is 0 Å². The van der Waals surface area contributed by atoms with Gasteiger partial charge in [-0.2, -0.15) is 0 Å². The van der Waals surface area contributed by atoms with Crippen LogP contribution < -0.4 is 5.32 Å². The van der Waals surface area contributed by atoms with Gasteiger partial charge in [-0.1, -0.05) is 47.5 Å². The Hall–Kier alpha value is -0.0800. The third-order valence-corrected chi connectivity index (χ3v) is 4.34. The summed E-state index contributed by atoms with van der Waals surface area (Å²) in [6.07, 6.45) is 5.62. The monoisotopic (exact) mass is 254 g/mol. The first kappa shape index (κ1) is 16.0. The molecule has 0 saturated carbocycles. The van der Waals surface area contributed by atoms with Gasteiger partial charge in [0.15, 0.2) is 0 Å². The third kappa shape index (κ3) is 5.27. The van der Waals surface area contributed by atoms with Crippen LogP contribution in [0.2, 0.25) is 0 Å². The van der Waals surface area contributed by atoms with E-state index in [1.165, 1.54) is 45.3 Å². The smallest absolute Gasteiger partial charge is 0.0243 e. The Kier molecular flexibility index (Phi) is 6.65. The predicted molar refractivity (Wildman–Crippen MR) is 81.0 cm³/mol. The number of hydrogen-bond acceptors (Lipinski definition) is 2. The van der Waals surface area contributed by atoms with Gasteiger partial charge in [-0.25, -0.2) is 0 Å². The van der Waals surface area contributed by atoms with Crippen LogP contribution in [0.15, 0.2) is 0 Å². The lowest BCUT2D eigenvalue weighted by Gasteiger charge is -2.39. The molecule has 0 radical (unpaired) electrons. The maximum atomic E-state index is 3.66. The van der Waals surface area contributed by atoms with E-state index in [-0.39, 0.29) is 0 Å². The van der Waals surface area contributed by atoms with Gasteiger partial charge in [0.25, 0.3) is 0 Å². The zero-order valence-electron chi connectivity index (χ0n) is 13.3. The van der Waals surface area contributed by atoms with E-state index in [9.17, 15) is 0 Å². The van der Waals surface area contributed by atoms with Crippen LogP contribution in [0.1, 0.15) is 60.3 Å². The molecule has 1 atom stereocenters. The summed E-state index contributed by atoms with van der Waals surface area (Å²) < 4.78 is 0. The number of hydrogen-bond donors (Lipinski definition) is 1. The van der Waals surface area contributed by atoms with Gasteiger partial charge < -0.3 is 10.2 Å². The molecule has 108 valence electrons. The summed E-state index contributed by atoms with van der Waals surface area (Å²) in [5, 5.41) is 3.66. The fourth-order valence-corrected chi connectivity index (χ4v) is 3.02. The van der Waals surface area contributed by atoms with Crippen LogP contribution in [-0.4, -0.2) is 37.1 Å². The van der Waals surface area contributed by atoms with Crippen LogP contribution in [0.25, 0.3) is 0 Å². The van der Waals surface area contributed by atoms with Crippen LogP contribution in [0.4, 0.5) is 0 Å². The van der Waals surface area contributed by atoms with Crippen LogP contribution in [-0.2, 0) is 0 Å². The second kappa shape index (κ2) is 7.49. The van der Waals surface area contributed by atoms with Crippen molar-refractivity contribution in [2.45, 2.75) is 66.3 Å². The van der Waals surface area contributed by atoms with Gasteiger partial charge in [0.1, 0.15) is 0 Å². The zero-order valence-corrected chi connectivity index (χ0v) is 13.3. The lowest BCUT2D eigenvalue weighted by molar-refractivity contribution is 0.130. The SMILES string of the molecule is CCCC1CCN(CC(NCC)C(C)(C)C)CC1. The molecule has 1 rings (SSSR count). The van der Waals surface area contributed by atoms with E-state index < -0.39 is 0 Å². The average molecular weight is 254 g/mol. The molecule has 1 unspecified atom stereocenters. The van der Waals surface area contributed by atoms with Crippen molar-refractivity contribution >= 4 is 0 Å². The Balaban J connectivity index is 2.38. The maximum Gasteiger partial charge on any atom is 0.0243 e. The van der Waals surface area contributed by atoms with Crippen molar-refractivity contribution in [3.63, 3.8) is 0 Å². The molecular formula is C16H34N2. The van der Waals surface area contributed by atoms with Gasteiger partial charge in [0, 0.05) is 12.6 Å². The van der Waals surface area contributed by atoms with Crippen LogP contribution >= 0.6 is 0 Å². The van der Waals surface area contributed by atoms with Crippen molar-refractivity contribution < 1.29 is 0 Å². The zero-order chi connectivity index (χ0) is 13.6. The molecule has 2 nitrogen and oxygen atoms in total. The summed E-state index contributed by atoms with van der Waals surface area (Å²) in [7, 11) is 0. The van der Waals surface area contributed by atoms with E-state index in [2.05, 4.69) is 44.8 Å². The van der Waals surface area contributed by atoms with Crippen molar-refractivity contribution in [1.82, 2.24) is 10.2 Å². The molecule has 2 heteroatoms. The summed E-state index contributed by atoms with van der Waals surface area (Å²) >= 11 is 0. The molecule has 1 aliphatic rings. The number of piperidine rings is 1. The second-order valence-electron chi connectivity index (χ2n) is 7.01. The highest BCUT2D eigenvalue weighted by atomic mass is 15.2. The van der Waals surface area contributed by atoms with Crippen molar-refractivity contribution in [3.8, 4) is 0 Å². The van der Waals surface area contributed by atoms with Gasteiger partial charge >= 0.3 is 0 Å². The predicted octanol–water partition coefficient (Wildman–Crippen LogP) is 3.52. The lowest BCUT2D eigenvalue weighted by Crippen LogP contribution is -2.50. The molecule has 0 aliphatic carbocycles. The summed E-state index contributed by atoms with van der Waals surface area (Å²) in [5.41, 5.74) is 0.357. The first-order valence-corrected chi connectivity index (χ1v) is 7.93. The van der Waals surface area contributed by atoms with E-state index in [1.807, 2.05) is 0 Å². The summed E-state index contributed by atoms with van der Waals surface area (Å²) in [4.78, 5) is 2.67. The van der Waals surface area contributed by atoms with Crippen LogP contribution in [0.5, 0.6) is 0 Å². The molecule has 0 amide bonds. The van der Waals surface area contributed by atoms with Crippen molar-refractivity contribution in [2.24, 2.45) is 11.3 Å². The highest BCUT2D eigenvalue weighted by Gasteiger charge is 2.27. The standard InChI is InChI=1S/C16H34N2/c1-6-8-14-9-11-18(12-10-14)13-15(17-7-2)16(3,4)5/h14-15,17H,6-13H2,1-5H3. The van der Waals surface area contributed by atoms with E-state index in [0.717, 1.165) is 12.5 Å². The third-order valence-electron chi connectivity index (χ3n) is 4.34. The molecule has 1 saturated heterocycles. The Bertz CT molecular complexity index is 212. The first-order valence-electron chi connectivity index (χ1n) is 7.93. The van der Waals surface area contributed by atoms with Crippen molar-refractivity contribution in [2.75, 3.05) is 26.2 Å². The molecular weight excluding hydrogens is 220 g/mol. The highest BCUT2D eigenvalue weighted by Crippen LogP contribution is 2.25. The molecule has 0 aromatic rings. The minimum atomic E-state index is 0.357. The van der Waals surface area contributed by atoms with Crippen LogP contribution in [0.3, 0.4) is 0 Å². The number of nitrogens with zero attached hydrogens (tertiary/aromatic N) is 1. The van der Waals surface area contributed by atoms with E-state index in [0.29, 0.717) is 11.5 Å². The Morgan fingerprint density at radius 2 is 1.78 bits per heavy atom. The second-order valence-corrected chi connectivity index (χ2v) is 7.01. The minimum Gasteiger partial charge on any atom is -0.312 e. The molecule has 0 bridgehead atoms. The maximum absolute atomic E-state index is 3.66. The molecule has 1 heterocycles. The minimum absolute atomic E-state index is 0.357. The number of likely N-dealkylation sites (tertiary alicyclic amines) is 1. The highest BCUT2D eigenvalue weighted by molar-refractivity contribution is 4.84. The number of likely N-dealkylation sites (N-methyl/N-ethyl adjacent to an activating group) is 1. The largest absolute Gasteiger partial charge is 0.312 e. The molecule has 0 spiro atoms. The van der Waals surface area contributed by atoms with Gasteiger partial charge in [0.2, 0.25) is 0 Å². The molecule has 1 aliphatic heterocycles. The number of nitrogens with one attached hydrogen (secondary N) is 1. The lowest BCUT2D eigenvalue weighted by atomic mass is 9.85. The molecule has 18 heavy (non-hydrogen) atoms. The molecule has 1 fully saturated rings. The Morgan fingerprint density at radius 3 is 2.22 bits per heavy atom. The fourth-order valence-electron chi connectivity index (χ4n) is 3.02. The molecule has 1 N–H and O–H groups in total. The number of rotatable bonds is 6. The van der Waals surface area contributed by atoms with Gasteiger partial charge in [-0.15, -0.1) is 0 Å². The van der Waals surface area contributed by atoms with Gasteiger partial charge in [0.05, 0.1) is 0 Å². The summed E-state index contributed by atoms with van der Waals surface area (Å²) in [5.74, 6) is 0.999. The summed E-state index contributed by atoms with van der Waals surface area (Å²) in [6, 6.07) is 0.616. The Morgan fingerprint density at radius 1 is 1.17 bits per heavy atom. The van der Waals surface area contributed by atoms with E-state index in [1.54, 1.807) is 0 Å². The first-order chi connectivity index (χ1) is 8.47. The van der Waals surface area contributed by atoms with E-state index in [4.69, 9.17) is 0 Å². The van der Waals surface area contributed by atoms with Crippen molar-refractivity contribution in [1.29, 1.82) is 0 Å². The van der Waals surface area contributed by atoms with Gasteiger partial charge in [-0.3, -0.25) is 0 Å². The normalized spacial score (nSPS) is 21.2. The molecule has 0 aromatic heterocycles. The molecule has 0 aromatic carbocycles. The summed E-state index contributed by atoms with van der Waals surface area (Å²) in [6.45, 7) is 16.5. The van der Waals surface area contributed by atoms with Crippen molar-refractivity contribution in [3.05, 3.63) is 0 Å². The average Bonchev–Trinajstić information content (AvgIpc) is 2.30. The van der Waals surface area contributed by atoms with Gasteiger partial charge in [-0.05, 0) is 43.8 Å². The Labute approximate surface area is 115 Å².